The zero-order valence-corrected chi connectivity index (χ0v) is 12.6. The van der Waals surface area contributed by atoms with Crippen LogP contribution in [0.2, 0.25) is 5.02 Å². The molecule has 3 nitrogen and oxygen atoms in total. The molecule has 4 heteroatoms. The molecule has 20 heavy (non-hydrogen) atoms. The first-order valence-corrected chi connectivity index (χ1v) is 6.68. The SMILES string of the molecule is COc1ccc(C(N)c2cc(Cl)ccc2C)c(OC)c1. The summed E-state index contributed by atoms with van der Waals surface area (Å²) < 4.78 is 10.6. The van der Waals surface area contributed by atoms with Gasteiger partial charge in [0.15, 0.2) is 0 Å². The number of hydrogen-bond donors (Lipinski definition) is 1. The van der Waals surface area contributed by atoms with Crippen molar-refractivity contribution in [3.8, 4) is 11.5 Å². The molecule has 0 saturated heterocycles. The minimum atomic E-state index is -0.297. The van der Waals surface area contributed by atoms with Crippen LogP contribution in [0.4, 0.5) is 0 Å². The Kier molecular flexibility index (Phi) is 4.53. The second kappa shape index (κ2) is 6.16. The molecule has 0 radical (unpaired) electrons. The van der Waals surface area contributed by atoms with Crippen molar-refractivity contribution in [1.82, 2.24) is 0 Å². The number of rotatable bonds is 4. The fourth-order valence-corrected chi connectivity index (χ4v) is 2.37. The summed E-state index contributed by atoms with van der Waals surface area (Å²) in [6, 6.07) is 11.0. The maximum Gasteiger partial charge on any atom is 0.127 e. The number of aryl methyl sites for hydroxylation is 1. The van der Waals surface area contributed by atoms with Gasteiger partial charge in [-0.1, -0.05) is 17.7 Å². The smallest absolute Gasteiger partial charge is 0.127 e. The topological polar surface area (TPSA) is 44.5 Å². The number of halogens is 1. The molecule has 106 valence electrons. The lowest BCUT2D eigenvalue weighted by Gasteiger charge is -2.19. The molecule has 1 unspecified atom stereocenters. The third-order valence-corrected chi connectivity index (χ3v) is 3.59. The molecule has 2 N–H and O–H groups in total. The molecule has 0 aromatic heterocycles. The van der Waals surface area contributed by atoms with Crippen LogP contribution in [0.5, 0.6) is 11.5 Å². The van der Waals surface area contributed by atoms with Crippen molar-refractivity contribution < 1.29 is 9.47 Å². The van der Waals surface area contributed by atoms with Crippen molar-refractivity contribution in [2.24, 2.45) is 5.73 Å². The number of nitrogens with two attached hydrogens (primary N) is 1. The Hall–Kier alpha value is -1.71. The lowest BCUT2D eigenvalue weighted by Crippen LogP contribution is -2.14. The van der Waals surface area contributed by atoms with Crippen LogP contribution in [0.15, 0.2) is 36.4 Å². The predicted octanol–water partition coefficient (Wildman–Crippen LogP) is 3.71. The van der Waals surface area contributed by atoms with Gasteiger partial charge in [0.25, 0.3) is 0 Å². The van der Waals surface area contributed by atoms with Gasteiger partial charge in [-0.25, -0.2) is 0 Å². The van der Waals surface area contributed by atoms with E-state index in [0.717, 1.165) is 22.4 Å². The largest absolute Gasteiger partial charge is 0.497 e. The molecule has 0 saturated carbocycles. The maximum absolute atomic E-state index is 6.37. The summed E-state index contributed by atoms with van der Waals surface area (Å²) in [6.45, 7) is 2.02. The Bertz CT molecular complexity index is 613. The van der Waals surface area contributed by atoms with E-state index in [9.17, 15) is 0 Å². The Morgan fingerprint density at radius 3 is 2.40 bits per heavy atom. The van der Waals surface area contributed by atoms with E-state index in [1.807, 2.05) is 43.3 Å². The number of benzene rings is 2. The highest BCUT2D eigenvalue weighted by atomic mass is 35.5. The predicted molar refractivity (Wildman–Crippen MR) is 81.8 cm³/mol. The second-order valence-electron chi connectivity index (χ2n) is 4.59. The fourth-order valence-electron chi connectivity index (χ4n) is 2.19. The quantitative estimate of drug-likeness (QED) is 0.934. The summed E-state index contributed by atoms with van der Waals surface area (Å²) in [5.74, 6) is 1.44. The second-order valence-corrected chi connectivity index (χ2v) is 5.02. The van der Waals surface area contributed by atoms with Gasteiger partial charge in [-0.05, 0) is 42.3 Å². The summed E-state index contributed by atoms with van der Waals surface area (Å²) in [6.07, 6.45) is 0. The fraction of sp³-hybridized carbons (Fsp3) is 0.250. The van der Waals surface area contributed by atoms with E-state index in [2.05, 4.69) is 0 Å². The van der Waals surface area contributed by atoms with Crippen molar-refractivity contribution in [3.05, 3.63) is 58.1 Å². The molecule has 1 atom stereocenters. The molecular weight excluding hydrogens is 274 g/mol. The minimum absolute atomic E-state index is 0.297. The number of ether oxygens (including phenoxy) is 2. The lowest BCUT2D eigenvalue weighted by atomic mass is 9.95. The average molecular weight is 292 g/mol. The molecule has 0 spiro atoms. The molecule has 0 amide bonds. The van der Waals surface area contributed by atoms with Crippen LogP contribution in [0.1, 0.15) is 22.7 Å². The molecule has 2 rings (SSSR count). The maximum atomic E-state index is 6.37. The average Bonchev–Trinajstić information content (AvgIpc) is 2.48. The first-order chi connectivity index (χ1) is 9.56. The van der Waals surface area contributed by atoms with E-state index in [-0.39, 0.29) is 6.04 Å². The monoisotopic (exact) mass is 291 g/mol. The van der Waals surface area contributed by atoms with E-state index >= 15 is 0 Å². The van der Waals surface area contributed by atoms with Crippen LogP contribution >= 0.6 is 11.6 Å². The Balaban J connectivity index is 2.47. The molecule has 2 aromatic rings. The van der Waals surface area contributed by atoms with Crippen molar-refractivity contribution in [2.45, 2.75) is 13.0 Å². The van der Waals surface area contributed by atoms with Crippen LogP contribution in [0.25, 0.3) is 0 Å². The van der Waals surface area contributed by atoms with Crippen LogP contribution < -0.4 is 15.2 Å². The van der Waals surface area contributed by atoms with Gasteiger partial charge in [-0.2, -0.15) is 0 Å². The summed E-state index contributed by atoms with van der Waals surface area (Å²) in [4.78, 5) is 0. The van der Waals surface area contributed by atoms with E-state index in [1.54, 1.807) is 14.2 Å². The highest BCUT2D eigenvalue weighted by molar-refractivity contribution is 6.30. The number of methoxy groups -OCH3 is 2. The Morgan fingerprint density at radius 2 is 1.75 bits per heavy atom. The van der Waals surface area contributed by atoms with Gasteiger partial charge in [0.2, 0.25) is 0 Å². The van der Waals surface area contributed by atoms with Crippen molar-refractivity contribution >= 4 is 11.6 Å². The molecule has 0 aliphatic rings. The zero-order valence-electron chi connectivity index (χ0n) is 11.8. The highest BCUT2D eigenvalue weighted by Crippen LogP contribution is 2.33. The molecule has 0 aliphatic heterocycles. The van der Waals surface area contributed by atoms with Gasteiger partial charge in [-0.3, -0.25) is 0 Å². The van der Waals surface area contributed by atoms with E-state index in [0.29, 0.717) is 10.8 Å². The third kappa shape index (κ3) is 2.89. The Morgan fingerprint density at radius 1 is 1.00 bits per heavy atom. The standard InChI is InChI=1S/C16H18ClNO2/c1-10-4-5-11(17)8-14(10)16(18)13-7-6-12(19-2)9-15(13)20-3/h4-9,16H,18H2,1-3H3. The normalized spacial score (nSPS) is 12.1. The van der Waals surface area contributed by atoms with Gasteiger partial charge >= 0.3 is 0 Å². The first kappa shape index (κ1) is 14.7. The third-order valence-electron chi connectivity index (χ3n) is 3.35. The first-order valence-electron chi connectivity index (χ1n) is 6.30. The molecule has 0 heterocycles. The molecule has 0 aliphatic carbocycles. The Labute approximate surface area is 124 Å². The van der Waals surface area contributed by atoms with Crippen LogP contribution in [-0.2, 0) is 0 Å². The zero-order chi connectivity index (χ0) is 14.7. The van der Waals surface area contributed by atoms with Crippen LogP contribution in [0, 0.1) is 6.92 Å². The van der Waals surface area contributed by atoms with Crippen molar-refractivity contribution in [3.63, 3.8) is 0 Å². The highest BCUT2D eigenvalue weighted by Gasteiger charge is 2.17. The van der Waals surface area contributed by atoms with E-state index < -0.39 is 0 Å². The van der Waals surface area contributed by atoms with Gasteiger partial charge in [0.05, 0.1) is 20.3 Å². The van der Waals surface area contributed by atoms with Gasteiger partial charge in [-0.15, -0.1) is 0 Å². The van der Waals surface area contributed by atoms with Crippen molar-refractivity contribution in [1.29, 1.82) is 0 Å². The van der Waals surface area contributed by atoms with Crippen LogP contribution in [0.3, 0.4) is 0 Å². The molecular formula is C16H18ClNO2. The summed E-state index contributed by atoms with van der Waals surface area (Å²) in [5, 5.41) is 0.675. The molecule has 0 bridgehead atoms. The van der Waals surface area contributed by atoms with Crippen LogP contribution in [-0.4, -0.2) is 14.2 Å². The summed E-state index contributed by atoms with van der Waals surface area (Å²) in [5.41, 5.74) is 9.36. The van der Waals surface area contributed by atoms with Gasteiger partial charge in [0, 0.05) is 16.7 Å². The van der Waals surface area contributed by atoms with E-state index in [1.165, 1.54) is 0 Å². The molecule has 0 fully saturated rings. The van der Waals surface area contributed by atoms with Crippen molar-refractivity contribution in [2.75, 3.05) is 14.2 Å². The summed E-state index contributed by atoms with van der Waals surface area (Å²) in [7, 11) is 3.24. The lowest BCUT2D eigenvalue weighted by molar-refractivity contribution is 0.390. The number of hydrogen-bond acceptors (Lipinski definition) is 3. The van der Waals surface area contributed by atoms with Gasteiger partial charge in [0.1, 0.15) is 11.5 Å². The van der Waals surface area contributed by atoms with E-state index in [4.69, 9.17) is 26.8 Å². The summed E-state index contributed by atoms with van der Waals surface area (Å²) >= 11 is 6.06. The minimum Gasteiger partial charge on any atom is -0.497 e. The molecule has 2 aromatic carbocycles. The van der Waals surface area contributed by atoms with Gasteiger partial charge < -0.3 is 15.2 Å².